The summed E-state index contributed by atoms with van der Waals surface area (Å²) in [6, 6.07) is 7.25. The highest BCUT2D eigenvalue weighted by Gasteiger charge is 2.29. The summed E-state index contributed by atoms with van der Waals surface area (Å²) in [6.45, 7) is 0.150. The summed E-state index contributed by atoms with van der Waals surface area (Å²) in [6.07, 6.45) is 0. The van der Waals surface area contributed by atoms with Crippen LogP contribution < -0.4 is 15.6 Å². The first kappa shape index (κ1) is 13.7. The van der Waals surface area contributed by atoms with Crippen LogP contribution >= 0.6 is 0 Å². The number of hydrogen-bond donors (Lipinski definition) is 3. The maximum atomic E-state index is 11.8. The van der Waals surface area contributed by atoms with Gasteiger partial charge in [-0.15, -0.1) is 0 Å². The molecule has 0 aromatic heterocycles. The lowest BCUT2D eigenvalue weighted by Crippen LogP contribution is -2.43. The van der Waals surface area contributed by atoms with Gasteiger partial charge < -0.3 is 0 Å². The van der Waals surface area contributed by atoms with E-state index in [4.69, 9.17) is 0 Å². The fourth-order valence-corrected chi connectivity index (χ4v) is 2.87. The molecule has 2 rings (SSSR count). The fourth-order valence-electron chi connectivity index (χ4n) is 1.65. The predicted molar refractivity (Wildman–Crippen MR) is 67.6 cm³/mol. The number of carbonyl (C=O) groups excluding carboxylic acids is 2. The van der Waals surface area contributed by atoms with E-state index >= 15 is 0 Å². The Labute approximate surface area is 110 Å². The molecule has 1 aliphatic rings. The first-order chi connectivity index (χ1) is 8.98. The SMILES string of the molecule is O=C(CS(=O)(=O)NC1CNNC1=O)c1ccccc1. The van der Waals surface area contributed by atoms with Gasteiger partial charge in [0.25, 0.3) is 5.91 Å². The number of nitrogens with one attached hydrogen (secondary N) is 3. The third-order valence-corrected chi connectivity index (χ3v) is 3.86. The second-order valence-corrected chi connectivity index (χ2v) is 5.84. The van der Waals surface area contributed by atoms with Crippen LogP contribution in [-0.2, 0) is 14.8 Å². The van der Waals surface area contributed by atoms with E-state index in [1.54, 1.807) is 30.3 Å². The van der Waals surface area contributed by atoms with Gasteiger partial charge in [-0.25, -0.2) is 18.6 Å². The molecular weight excluding hydrogens is 270 g/mol. The number of hydrazine groups is 1. The van der Waals surface area contributed by atoms with Crippen LogP contribution in [0.5, 0.6) is 0 Å². The molecule has 0 bridgehead atoms. The summed E-state index contributed by atoms with van der Waals surface area (Å²) in [4.78, 5) is 23.0. The first-order valence-electron chi connectivity index (χ1n) is 5.59. The molecule has 102 valence electrons. The van der Waals surface area contributed by atoms with E-state index in [2.05, 4.69) is 15.6 Å². The molecule has 8 heteroatoms. The molecule has 0 aliphatic carbocycles. The van der Waals surface area contributed by atoms with Gasteiger partial charge in [-0.05, 0) is 0 Å². The lowest BCUT2D eigenvalue weighted by atomic mass is 10.2. The number of carbonyl (C=O) groups is 2. The van der Waals surface area contributed by atoms with Crippen LogP contribution in [-0.4, -0.2) is 38.4 Å². The summed E-state index contributed by atoms with van der Waals surface area (Å²) < 4.78 is 25.7. The highest BCUT2D eigenvalue weighted by molar-refractivity contribution is 7.90. The van der Waals surface area contributed by atoms with Crippen molar-refractivity contribution in [1.29, 1.82) is 0 Å². The predicted octanol–water partition coefficient (Wildman–Crippen LogP) is -1.21. The van der Waals surface area contributed by atoms with E-state index in [0.29, 0.717) is 5.56 Å². The normalized spacial score (nSPS) is 19.2. The second kappa shape index (κ2) is 5.47. The fraction of sp³-hybridized carbons (Fsp3) is 0.273. The summed E-state index contributed by atoms with van der Waals surface area (Å²) in [5.74, 6) is -1.66. The van der Waals surface area contributed by atoms with Crippen LogP contribution in [0.1, 0.15) is 10.4 Å². The zero-order chi connectivity index (χ0) is 13.9. The van der Waals surface area contributed by atoms with Crippen molar-refractivity contribution in [3.8, 4) is 0 Å². The zero-order valence-corrected chi connectivity index (χ0v) is 10.7. The third-order valence-electron chi connectivity index (χ3n) is 2.57. The molecule has 0 saturated carbocycles. The van der Waals surface area contributed by atoms with Gasteiger partial charge in [0.1, 0.15) is 11.8 Å². The Hall–Kier alpha value is -1.77. The van der Waals surface area contributed by atoms with Crippen LogP contribution in [0.3, 0.4) is 0 Å². The molecule has 1 aliphatic heterocycles. The van der Waals surface area contributed by atoms with Crippen molar-refractivity contribution in [3.63, 3.8) is 0 Å². The van der Waals surface area contributed by atoms with Crippen molar-refractivity contribution in [2.24, 2.45) is 0 Å². The Morgan fingerprint density at radius 2 is 2.00 bits per heavy atom. The Balaban J connectivity index is 2.01. The molecule has 1 unspecified atom stereocenters. The van der Waals surface area contributed by atoms with Gasteiger partial charge in [-0.2, -0.15) is 0 Å². The Bertz CT molecular complexity index is 585. The molecule has 1 aromatic rings. The molecule has 1 heterocycles. The molecule has 1 amide bonds. The molecule has 0 spiro atoms. The molecule has 1 fully saturated rings. The van der Waals surface area contributed by atoms with Gasteiger partial charge in [-0.1, -0.05) is 30.3 Å². The van der Waals surface area contributed by atoms with E-state index in [1.807, 2.05) is 0 Å². The summed E-state index contributed by atoms with van der Waals surface area (Å²) in [7, 11) is -3.85. The number of sulfonamides is 1. The van der Waals surface area contributed by atoms with E-state index in [9.17, 15) is 18.0 Å². The van der Waals surface area contributed by atoms with Crippen molar-refractivity contribution < 1.29 is 18.0 Å². The van der Waals surface area contributed by atoms with Crippen LogP contribution in [0.2, 0.25) is 0 Å². The van der Waals surface area contributed by atoms with E-state index < -0.39 is 33.5 Å². The largest absolute Gasteiger partial charge is 0.293 e. The Morgan fingerprint density at radius 3 is 2.58 bits per heavy atom. The minimum Gasteiger partial charge on any atom is -0.293 e. The van der Waals surface area contributed by atoms with Crippen molar-refractivity contribution >= 4 is 21.7 Å². The molecule has 0 radical (unpaired) electrons. The van der Waals surface area contributed by atoms with Gasteiger partial charge in [0.15, 0.2) is 5.78 Å². The molecule has 1 saturated heterocycles. The van der Waals surface area contributed by atoms with Crippen LogP contribution in [0.25, 0.3) is 0 Å². The minimum absolute atomic E-state index is 0.150. The van der Waals surface area contributed by atoms with Gasteiger partial charge in [0.05, 0.1) is 0 Å². The quantitative estimate of drug-likeness (QED) is 0.588. The van der Waals surface area contributed by atoms with Gasteiger partial charge >= 0.3 is 0 Å². The van der Waals surface area contributed by atoms with Crippen molar-refractivity contribution in [1.82, 2.24) is 15.6 Å². The molecule has 19 heavy (non-hydrogen) atoms. The number of hydrogen-bond acceptors (Lipinski definition) is 5. The number of amides is 1. The standard InChI is InChI=1S/C11H13N3O4S/c15-10(8-4-2-1-3-5-8)7-19(17,18)14-9-6-12-13-11(9)16/h1-5,9,12,14H,6-7H2,(H,13,16). The monoisotopic (exact) mass is 283 g/mol. The van der Waals surface area contributed by atoms with Gasteiger partial charge in [0.2, 0.25) is 10.0 Å². The average molecular weight is 283 g/mol. The van der Waals surface area contributed by atoms with Crippen molar-refractivity contribution in [2.45, 2.75) is 6.04 Å². The second-order valence-electron chi connectivity index (χ2n) is 4.09. The number of Topliss-reactive ketones (excluding diaryl/α,β-unsaturated/α-hetero) is 1. The highest BCUT2D eigenvalue weighted by Crippen LogP contribution is 2.03. The lowest BCUT2D eigenvalue weighted by Gasteiger charge is -2.09. The first-order valence-corrected chi connectivity index (χ1v) is 7.24. The smallest absolute Gasteiger partial charge is 0.253 e. The minimum atomic E-state index is -3.85. The molecule has 1 aromatic carbocycles. The van der Waals surface area contributed by atoms with Crippen LogP contribution in [0.4, 0.5) is 0 Å². The third kappa shape index (κ3) is 3.60. The van der Waals surface area contributed by atoms with E-state index in [1.165, 1.54) is 0 Å². The lowest BCUT2D eigenvalue weighted by molar-refractivity contribution is -0.120. The van der Waals surface area contributed by atoms with Crippen molar-refractivity contribution in [3.05, 3.63) is 35.9 Å². The zero-order valence-electron chi connectivity index (χ0n) is 9.92. The summed E-state index contributed by atoms with van der Waals surface area (Å²) in [5.41, 5.74) is 5.12. The highest BCUT2D eigenvalue weighted by atomic mass is 32.2. The molecular formula is C11H13N3O4S. The number of rotatable bonds is 5. The van der Waals surface area contributed by atoms with E-state index in [0.717, 1.165) is 0 Å². The van der Waals surface area contributed by atoms with Gasteiger partial charge in [0, 0.05) is 12.1 Å². The Morgan fingerprint density at radius 1 is 1.32 bits per heavy atom. The maximum Gasteiger partial charge on any atom is 0.253 e. The van der Waals surface area contributed by atoms with Crippen molar-refractivity contribution in [2.75, 3.05) is 12.3 Å². The van der Waals surface area contributed by atoms with E-state index in [-0.39, 0.29) is 6.54 Å². The number of benzene rings is 1. The molecule has 1 atom stereocenters. The topological polar surface area (TPSA) is 104 Å². The maximum absolute atomic E-state index is 11.8. The Kier molecular flexibility index (Phi) is 3.93. The molecule has 3 N–H and O–H groups in total. The summed E-state index contributed by atoms with van der Waals surface area (Å²) >= 11 is 0. The summed E-state index contributed by atoms with van der Waals surface area (Å²) in [5, 5.41) is 0. The van der Waals surface area contributed by atoms with Gasteiger partial charge in [-0.3, -0.25) is 15.0 Å². The van der Waals surface area contributed by atoms with Crippen LogP contribution in [0.15, 0.2) is 30.3 Å². The molecule has 7 nitrogen and oxygen atoms in total. The average Bonchev–Trinajstić information content (AvgIpc) is 2.75. The van der Waals surface area contributed by atoms with Crippen LogP contribution in [0, 0.1) is 0 Å². The number of ketones is 1.